The molecule has 0 aromatic carbocycles. The van der Waals surface area contributed by atoms with Crippen LogP contribution in [0.25, 0.3) is 11.5 Å². The number of halogens is 1. The van der Waals surface area contributed by atoms with Gasteiger partial charge in [-0.05, 0) is 48.3 Å². The van der Waals surface area contributed by atoms with Crippen molar-refractivity contribution in [3.05, 3.63) is 33.6 Å². The third-order valence-electron chi connectivity index (χ3n) is 3.05. The molecule has 0 saturated heterocycles. The summed E-state index contributed by atoms with van der Waals surface area (Å²) in [6, 6.07) is 3.64. The number of carbonyl (C=O) groups is 1. The second-order valence-electron chi connectivity index (χ2n) is 4.73. The minimum absolute atomic E-state index is 0.348. The van der Waals surface area contributed by atoms with Crippen molar-refractivity contribution in [1.29, 1.82) is 0 Å². The molecule has 0 radical (unpaired) electrons. The molecule has 0 bridgehead atoms. The zero-order valence-electron chi connectivity index (χ0n) is 12.3. The van der Waals surface area contributed by atoms with E-state index in [1.54, 1.807) is 13.0 Å². The molecule has 2 heterocycles. The summed E-state index contributed by atoms with van der Waals surface area (Å²) in [5.74, 6) is -0.0656. The Labute approximate surface area is 131 Å². The predicted molar refractivity (Wildman–Crippen MR) is 82.1 cm³/mol. The van der Waals surface area contributed by atoms with E-state index < -0.39 is 5.97 Å². The molecule has 2 aromatic rings. The van der Waals surface area contributed by atoms with Gasteiger partial charge >= 0.3 is 5.97 Å². The van der Waals surface area contributed by atoms with E-state index in [9.17, 15) is 4.79 Å². The molecule has 21 heavy (non-hydrogen) atoms. The van der Waals surface area contributed by atoms with Crippen LogP contribution in [0.3, 0.4) is 0 Å². The van der Waals surface area contributed by atoms with Crippen LogP contribution in [0.4, 0.5) is 0 Å². The van der Waals surface area contributed by atoms with Gasteiger partial charge in [0.25, 0.3) is 0 Å². The standard InChI is InChI=1S/C15H17BrN2O3/c1-4-5-8-20-15(19)13-10(3)18-21-14(13)12-7-6-11(16)9(2)17-12/h6-7H,4-5,8H2,1-3H3. The molecule has 2 rings (SSSR count). The van der Waals surface area contributed by atoms with Crippen molar-refractivity contribution < 1.29 is 14.1 Å². The molecule has 0 spiro atoms. The Hall–Kier alpha value is -1.69. The van der Waals surface area contributed by atoms with E-state index in [1.165, 1.54) is 0 Å². The summed E-state index contributed by atoms with van der Waals surface area (Å²) < 4.78 is 11.4. The Bertz CT molecular complexity index is 652. The lowest BCUT2D eigenvalue weighted by Crippen LogP contribution is -2.08. The van der Waals surface area contributed by atoms with Gasteiger partial charge in [-0.2, -0.15) is 0 Å². The summed E-state index contributed by atoms with van der Waals surface area (Å²) in [5, 5.41) is 3.87. The van der Waals surface area contributed by atoms with E-state index in [0.29, 0.717) is 29.3 Å². The summed E-state index contributed by atoms with van der Waals surface area (Å²) in [7, 11) is 0. The molecule has 0 aliphatic rings. The van der Waals surface area contributed by atoms with Gasteiger partial charge < -0.3 is 9.26 Å². The van der Waals surface area contributed by atoms with Crippen molar-refractivity contribution >= 4 is 21.9 Å². The number of carbonyl (C=O) groups excluding carboxylic acids is 1. The number of rotatable bonds is 5. The summed E-state index contributed by atoms with van der Waals surface area (Å²) in [5.41, 5.74) is 2.24. The fraction of sp³-hybridized carbons (Fsp3) is 0.400. The number of hydrogen-bond acceptors (Lipinski definition) is 5. The van der Waals surface area contributed by atoms with Crippen LogP contribution in [0.15, 0.2) is 21.1 Å². The normalized spacial score (nSPS) is 10.7. The molecule has 0 fully saturated rings. The maximum Gasteiger partial charge on any atom is 0.344 e. The monoisotopic (exact) mass is 352 g/mol. The van der Waals surface area contributed by atoms with Crippen molar-refractivity contribution in [2.75, 3.05) is 6.61 Å². The van der Waals surface area contributed by atoms with Crippen molar-refractivity contribution in [2.45, 2.75) is 33.6 Å². The van der Waals surface area contributed by atoms with E-state index in [1.807, 2.05) is 19.9 Å². The van der Waals surface area contributed by atoms with Crippen LogP contribution < -0.4 is 0 Å². The molecule has 0 saturated carbocycles. The van der Waals surface area contributed by atoms with Crippen molar-refractivity contribution in [2.24, 2.45) is 0 Å². The molecule has 0 atom stereocenters. The van der Waals surface area contributed by atoms with Crippen LogP contribution in [-0.2, 0) is 4.74 Å². The van der Waals surface area contributed by atoms with E-state index >= 15 is 0 Å². The van der Waals surface area contributed by atoms with Crippen LogP contribution in [0.5, 0.6) is 0 Å². The molecule has 5 nitrogen and oxygen atoms in total. The summed E-state index contributed by atoms with van der Waals surface area (Å²) in [4.78, 5) is 16.6. The quantitative estimate of drug-likeness (QED) is 0.599. The van der Waals surface area contributed by atoms with Gasteiger partial charge in [0.15, 0.2) is 5.76 Å². The van der Waals surface area contributed by atoms with E-state index in [0.717, 1.165) is 23.0 Å². The zero-order chi connectivity index (χ0) is 15.4. The summed E-state index contributed by atoms with van der Waals surface area (Å²) in [6.45, 7) is 6.02. The fourth-order valence-corrected chi connectivity index (χ4v) is 2.06. The van der Waals surface area contributed by atoms with E-state index in [4.69, 9.17) is 9.26 Å². The first-order valence-electron chi connectivity index (χ1n) is 6.81. The summed E-state index contributed by atoms with van der Waals surface area (Å²) in [6.07, 6.45) is 1.80. The first kappa shape index (κ1) is 15.7. The van der Waals surface area contributed by atoms with Crippen LogP contribution in [0.1, 0.15) is 41.5 Å². The number of nitrogens with zero attached hydrogens (tertiary/aromatic N) is 2. The third-order valence-corrected chi connectivity index (χ3v) is 3.89. The molecule has 2 aromatic heterocycles. The summed E-state index contributed by atoms with van der Waals surface area (Å²) >= 11 is 3.40. The number of pyridine rings is 1. The lowest BCUT2D eigenvalue weighted by atomic mass is 10.1. The van der Waals surface area contributed by atoms with Crippen molar-refractivity contribution in [1.82, 2.24) is 10.1 Å². The largest absolute Gasteiger partial charge is 0.462 e. The minimum atomic E-state index is -0.417. The van der Waals surface area contributed by atoms with Gasteiger partial charge in [0.1, 0.15) is 11.3 Å². The van der Waals surface area contributed by atoms with Gasteiger partial charge in [0.2, 0.25) is 0 Å². The molecule has 0 N–H and O–H groups in total. The smallest absolute Gasteiger partial charge is 0.344 e. The maximum atomic E-state index is 12.2. The molecular formula is C15H17BrN2O3. The molecule has 6 heteroatoms. The number of aromatic nitrogens is 2. The molecule has 0 amide bonds. The van der Waals surface area contributed by atoms with Crippen molar-refractivity contribution in [3.63, 3.8) is 0 Å². The second kappa shape index (κ2) is 6.85. The molecule has 0 unspecified atom stereocenters. The lowest BCUT2D eigenvalue weighted by Gasteiger charge is -2.05. The minimum Gasteiger partial charge on any atom is -0.462 e. The maximum absolute atomic E-state index is 12.2. The Morgan fingerprint density at radius 3 is 2.76 bits per heavy atom. The predicted octanol–water partition coefficient (Wildman–Crippen LogP) is 4.07. The SMILES string of the molecule is CCCCOC(=O)c1c(C)noc1-c1ccc(Br)c(C)n1. The van der Waals surface area contributed by atoms with E-state index in [-0.39, 0.29) is 0 Å². The van der Waals surface area contributed by atoms with Crippen LogP contribution in [0.2, 0.25) is 0 Å². The van der Waals surface area contributed by atoms with Gasteiger partial charge in [-0.25, -0.2) is 9.78 Å². The van der Waals surface area contributed by atoms with E-state index in [2.05, 4.69) is 26.1 Å². The highest BCUT2D eigenvalue weighted by molar-refractivity contribution is 9.10. The Balaban J connectivity index is 2.33. The van der Waals surface area contributed by atoms with Crippen LogP contribution in [0, 0.1) is 13.8 Å². The topological polar surface area (TPSA) is 65.2 Å². The average molecular weight is 353 g/mol. The van der Waals surface area contributed by atoms with Gasteiger partial charge in [0, 0.05) is 4.47 Å². The zero-order valence-corrected chi connectivity index (χ0v) is 13.9. The number of esters is 1. The molecule has 0 aliphatic heterocycles. The second-order valence-corrected chi connectivity index (χ2v) is 5.58. The van der Waals surface area contributed by atoms with Gasteiger partial charge in [-0.1, -0.05) is 18.5 Å². The molecule has 0 aliphatic carbocycles. The highest BCUT2D eigenvalue weighted by Gasteiger charge is 2.24. The Kier molecular flexibility index (Phi) is 5.12. The van der Waals surface area contributed by atoms with Gasteiger partial charge in [-0.15, -0.1) is 0 Å². The van der Waals surface area contributed by atoms with Gasteiger partial charge in [0.05, 0.1) is 18.0 Å². The van der Waals surface area contributed by atoms with Crippen molar-refractivity contribution in [3.8, 4) is 11.5 Å². The van der Waals surface area contributed by atoms with Crippen LogP contribution in [-0.4, -0.2) is 22.7 Å². The number of hydrogen-bond donors (Lipinski definition) is 0. The third kappa shape index (κ3) is 3.50. The highest BCUT2D eigenvalue weighted by atomic mass is 79.9. The number of ether oxygens (including phenoxy) is 1. The number of aryl methyl sites for hydroxylation is 2. The molecule has 112 valence electrons. The fourth-order valence-electron chi connectivity index (χ4n) is 1.84. The Morgan fingerprint density at radius 1 is 1.33 bits per heavy atom. The first-order chi connectivity index (χ1) is 10.0. The Morgan fingerprint density at radius 2 is 2.10 bits per heavy atom. The van der Waals surface area contributed by atoms with Crippen LogP contribution >= 0.6 is 15.9 Å². The van der Waals surface area contributed by atoms with Gasteiger partial charge in [-0.3, -0.25) is 0 Å². The lowest BCUT2D eigenvalue weighted by molar-refractivity contribution is 0.0499. The highest BCUT2D eigenvalue weighted by Crippen LogP contribution is 2.27. The first-order valence-corrected chi connectivity index (χ1v) is 7.60. The molecular weight excluding hydrogens is 336 g/mol. The number of unbranched alkanes of at least 4 members (excludes halogenated alkanes) is 1. The average Bonchev–Trinajstić information content (AvgIpc) is 2.84.